The summed E-state index contributed by atoms with van der Waals surface area (Å²) in [5.74, 6) is 1.67. The fraction of sp³-hybridized carbons (Fsp3) is 0.615. The van der Waals surface area contributed by atoms with E-state index in [2.05, 4.69) is 33.9 Å². The van der Waals surface area contributed by atoms with Gasteiger partial charge in [0.2, 0.25) is 0 Å². The molecule has 0 radical (unpaired) electrons. The van der Waals surface area contributed by atoms with Crippen LogP contribution in [-0.2, 0) is 15.9 Å². The number of fused-ring (bicyclic) bond motifs is 1. The van der Waals surface area contributed by atoms with E-state index in [-0.39, 0.29) is 29.2 Å². The van der Waals surface area contributed by atoms with Crippen molar-refractivity contribution in [2.24, 2.45) is 11.1 Å². The number of piperidine rings is 1. The van der Waals surface area contributed by atoms with Gasteiger partial charge in [0, 0.05) is 49.3 Å². The number of nitrogens with zero attached hydrogens (tertiary/aromatic N) is 5. The summed E-state index contributed by atoms with van der Waals surface area (Å²) < 4.78 is 11.4. The average Bonchev–Trinajstić information content (AvgIpc) is 3.54. The van der Waals surface area contributed by atoms with E-state index in [0.717, 1.165) is 94.5 Å². The number of amidine groups is 1. The monoisotopic (exact) mass is 492 g/mol. The van der Waals surface area contributed by atoms with E-state index >= 15 is 0 Å². The Labute approximate surface area is 211 Å². The molecule has 10 nitrogen and oxygen atoms in total. The number of nitrogens with one attached hydrogen (secondary N) is 1. The molecule has 4 aliphatic heterocycles. The largest absolute Gasteiger partial charge is 0.382 e. The predicted octanol–water partition coefficient (Wildman–Crippen LogP) is 2.07. The second-order valence-corrected chi connectivity index (χ2v) is 10.7. The third kappa shape index (κ3) is 4.01. The Kier molecular flexibility index (Phi) is 6.05. The zero-order chi connectivity index (χ0) is 24.9. The second-order valence-electron chi connectivity index (χ2n) is 10.7. The molecule has 6 rings (SSSR count). The van der Waals surface area contributed by atoms with Crippen molar-refractivity contribution in [2.75, 3.05) is 55.0 Å². The topological polar surface area (TPSA) is 140 Å². The van der Waals surface area contributed by atoms with Crippen molar-refractivity contribution in [3.63, 3.8) is 0 Å². The van der Waals surface area contributed by atoms with Crippen molar-refractivity contribution in [1.29, 1.82) is 5.41 Å². The maximum Gasteiger partial charge on any atom is 0.155 e. The summed E-state index contributed by atoms with van der Waals surface area (Å²) in [6.07, 6.45) is 6.63. The van der Waals surface area contributed by atoms with E-state index in [9.17, 15) is 0 Å². The van der Waals surface area contributed by atoms with Gasteiger partial charge < -0.3 is 30.7 Å². The minimum Gasteiger partial charge on any atom is -0.382 e. The number of rotatable bonds is 3. The third-order valence-corrected chi connectivity index (χ3v) is 8.62. The van der Waals surface area contributed by atoms with E-state index in [1.807, 2.05) is 4.90 Å². The van der Waals surface area contributed by atoms with Crippen LogP contribution in [0.4, 0.5) is 17.3 Å². The molecule has 4 aliphatic rings. The van der Waals surface area contributed by atoms with Gasteiger partial charge >= 0.3 is 0 Å². The lowest BCUT2D eigenvalue weighted by Gasteiger charge is -2.41. The Morgan fingerprint density at radius 3 is 2.72 bits per heavy atom. The fourth-order valence-electron chi connectivity index (χ4n) is 6.20. The minimum atomic E-state index is 0.0529. The highest BCUT2D eigenvalue weighted by Gasteiger charge is 2.47. The molecule has 0 bridgehead atoms. The molecule has 3 fully saturated rings. The van der Waals surface area contributed by atoms with Gasteiger partial charge in [-0.25, -0.2) is 9.97 Å². The zero-order valence-electron chi connectivity index (χ0n) is 20.9. The first-order chi connectivity index (χ1) is 17.4. The fourth-order valence-corrected chi connectivity index (χ4v) is 6.20. The molecule has 5 N–H and O–H groups in total. The Morgan fingerprint density at radius 1 is 1.19 bits per heavy atom. The summed E-state index contributed by atoms with van der Waals surface area (Å²) in [5, 5.41) is 8.94. The molecule has 1 unspecified atom stereocenters. The molecule has 3 saturated heterocycles. The molecule has 1 spiro atoms. The number of nitrogen functional groups attached to an aromatic ring is 1. The van der Waals surface area contributed by atoms with Crippen molar-refractivity contribution in [1.82, 2.24) is 15.0 Å². The summed E-state index contributed by atoms with van der Waals surface area (Å²) >= 11 is 0. The van der Waals surface area contributed by atoms with Crippen LogP contribution in [0.3, 0.4) is 0 Å². The van der Waals surface area contributed by atoms with Gasteiger partial charge in [0.05, 0.1) is 36.9 Å². The molecular weight excluding hydrogens is 456 g/mol. The number of aromatic nitrogens is 3. The van der Waals surface area contributed by atoms with Crippen molar-refractivity contribution in [3.05, 3.63) is 35.4 Å². The van der Waals surface area contributed by atoms with Crippen LogP contribution < -0.4 is 21.3 Å². The first-order valence-electron chi connectivity index (χ1n) is 13.1. The lowest BCUT2D eigenvalue weighted by atomic mass is 9.73. The van der Waals surface area contributed by atoms with Gasteiger partial charge in [-0.15, -0.1) is 0 Å². The lowest BCUT2D eigenvalue weighted by molar-refractivity contribution is 0.0974. The van der Waals surface area contributed by atoms with E-state index in [1.165, 1.54) is 0 Å². The highest BCUT2D eigenvalue weighted by atomic mass is 16.5. The third-order valence-electron chi connectivity index (χ3n) is 8.62. The zero-order valence-corrected chi connectivity index (χ0v) is 20.9. The van der Waals surface area contributed by atoms with E-state index in [4.69, 9.17) is 31.3 Å². The van der Waals surface area contributed by atoms with Crippen LogP contribution in [0.15, 0.2) is 18.3 Å². The van der Waals surface area contributed by atoms with Crippen molar-refractivity contribution in [2.45, 2.75) is 57.1 Å². The maximum absolute atomic E-state index is 8.94. The van der Waals surface area contributed by atoms with Crippen LogP contribution >= 0.6 is 0 Å². The molecule has 2 aromatic rings. The molecule has 192 valence electrons. The highest BCUT2D eigenvalue weighted by molar-refractivity contribution is 6.09. The Bertz CT molecular complexity index is 1140. The Hall–Kier alpha value is -2.82. The van der Waals surface area contributed by atoms with Gasteiger partial charge in [0.15, 0.2) is 11.7 Å². The van der Waals surface area contributed by atoms with Crippen LogP contribution in [0.2, 0.25) is 0 Å². The second kappa shape index (κ2) is 9.24. The Balaban J connectivity index is 1.17. The van der Waals surface area contributed by atoms with Gasteiger partial charge in [0.1, 0.15) is 11.5 Å². The molecule has 0 amide bonds. The molecule has 3 atom stereocenters. The average molecular weight is 493 g/mol. The summed E-state index contributed by atoms with van der Waals surface area (Å²) in [6, 6.07) is 4.24. The van der Waals surface area contributed by atoms with Gasteiger partial charge in [-0.1, -0.05) is 0 Å². The summed E-state index contributed by atoms with van der Waals surface area (Å²) in [6.45, 7) is 6.75. The highest BCUT2D eigenvalue weighted by Crippen LogP contribution is 2.42. The number of ether oxygens (including phenoxy) is 2. The molecular formula is C26H36N8O2. The van der Waals surface area contributed by atoms with Crippen LogP contribution in [0.25, 0.3) is 0 Å². The first kappa shape index (κ1) is 23.6. The van der Waals surface area contributed by atoms with Crippen molar-refractivity contribution < 1.29 is 9.47 Å². The van der Waals surface area contributed by atoms with Gasteiger partial charge in [-0.2, -0.15) is 0 Å². The molecule has 36 heavy (non-hydrogen) atoms. The Morgan fingerprint density at radius 2 is 2.03 bits per heavy atom. The maximum atomic E-state index is 8.94. The predicted molar refractivity (Wildman–Crippen MR) is 139 cm³/mol. The number of aryl methyl sites for hydroxylation is 1. The van der Waals surface area contributed by atoms with Crippen LogP contribution in [0, 0.1) is 10.8 Å². The van der Waals surface area contributed by atoms with E-state index in [0.29, 0.717) is 11.6 Å². The van der Waals surface area contributed by atoms with E-state index < -0.39 is 0 Å². The van der Waals surface area contributed by atoms with Gasteiger partial charge in [-0.3, -0.25) is 10.4 Å². The molecule has 10 heteroatoms. The first-order valence-corrected chi connectivity index (χ1v) is 13.1. The number of anilines is 3. The van der Waals surface area contributed by atoms with Crippen molar-refractivity contribution >= 4 is 23.2 Å². The van der Waals surface area contributed by atoms with Crippen molar-refractivity contribution in [3.8, 4) is 0 Å². The lowest BCUT2D eigenvalue weighted by Crippen LogP contribution is -2.50. The standard InChI is InChI=1S/C26H36N8O2/c1-16-23(27)26(15-36-16)7-10-33(11-8-26)21-13-30-22(24(28)32-21)25(29)34-9-2-3-19-20(34)5-4-18(31-19)17-6-12-35-14-17/h4-5,13,16-17,23,29H,2-3,6-12,14-15,27H2,1H3,(H2,28,32)/t16-,17?,23+/m0/s1. The van der Waals surface area contributed by atoms with Gasteiger partial charge in [0.25, 0.3) is 0 Å². The molecule has 6 heterocycles. The van der Waals surface area contributed by atoms with Gasteiger partial charge in [-0.05, 0) is 51.2 Å². The molecule has 0 aromatic carbocycles. The van der Waals surface area contributed by atoms with E-state index in [1.54, 1.807) is 6.20 Å². The quantitative estimate of drug-likeness (QED) is 0.434. The number of hydrogen-bond donors (Lipinski definition) is 3. The van der Waals surface area contributed by atoms with Crippen LogP contribution in [-0.4, -0.2) is 72.4 Å². The summed E-state index contributed by atoms with van der Waals surface area (Å²) in [7, 11) is 0. The SMILES string of the molecule is C[C@@H]1OCC2(CCN(c3cnc(C(=N)N4CCCc5nc(C6CCOC6)ccc54)c(N)n3)CC2)[C@@H]1N. The molecule has 2 aromatic heterocycles. The molecule has 0 saturated carbocycles. The molecule has 0 aliphatic carbocycles. The number of nitrogens with two attached hydrogens (primary N) is 2. The minimum absolute atomic E-state index is 0.0529. The number of hydrogen-bond acceptors (Lipinski definition) is 9. The normalized spacial score (nSPS) is 27.4. The summed E-state index contributed by atoms with van der Waals surface area (Å²) in [4.78, 5) is 18.4. The smallest absolute Gasteiger partial charge is 0.155 e. The van der Waals surface area contributed by atoms with Crippen LogP contribution in [0.5, 0.6) is 0 Å². The van der Waals surface area contributed by atoms with Crippen LogP contribution in [0.1, 0.15) is 55.6 Å². The number of pyridine rings is 1. The summed E-state index contributed by atoms with van der Waals surface area (Å²) in [5.41, 5.74) is 16.4.